The lowest BCUT2D eigenvalue weighted by atomic mass is 10.0. The topological polar surface area (TPSA) is 93.7 Å². The van der Waals surface area contributed by atoms with Crippen molar-refractivity contribution >= 4 is 52.3 Å². The summed E-state index contributed by atoms with van der Waals surface area (Å²) in [6, 6.07) is 21.9. The van der Waals surface area contributed by atoms with Gasteiger partial charge < -0.3 is 19.7 Å². The number of anilines is 2. The number of benzene rings is 4. The molecule has 204 valence electrons. The van der Waals surface area contributed by atoms with Crippen molar-refractivity contribution in [2.45, 2.75) is 25.7 Å². The first kappa shape index (κ1) is 28.3. The van der Waals surface area contributed by atoms with E-state index in [-0.39, 0.29) is 24.6 Å². The molecule has 2 amide bonds. The van der Waals surface area contributed by atoms with Crippen LogP contribution in [0.4, 0.5) is 24.5 Å². The second-order valence-electron chi connectivity index (χ2n) is 8.53. The standard InChI is InChI=1S/C28H26F3N2O5P/c1-3-37-39(36,38-4-2)25(22-15-9-13-18-10-7-8-14-21(18)22)26(34)32-23-16-19-11-5-6-12-20(19)17-24(23)33-27(35)28(29,30)31/h5-17,25H,3-4H2,1-2H3,(H,32,34)(H,33,35). The SMILES string of the molecule is CCOP(=O)(OCC)C(C(=O)Nc1cc2ccccc2cc1NC(=O)C(F)(F)F)c1cccc2ccccc12. The monoisotopic (exact) mass is 558 g/mol. The molecule has 0 aliphatic rings. The van der Waals surface area contributed by atoms with E-state index >= 15 is 0 Å². The molecule has 0 saturated carbocycles. The van der Waals surface area contributed by atoms with Crippen molar-refractivity contribution in [1.29, 1.82) is 0 Å². The highest BCUT2D eigenvalue weighted by molar-refractivity contribution is 7.55. The van der Waals surface area contributed by atoms with E-state index in [0.29, 0.717) is 21.7 Å². The summed E-state index contributed by atoms with van der Waals surface area (Å²) in [6.07, 6.45) is -5.15. The molecule has 0 radical (unpaired) electrons. The Labute approximate surface area is 222 Å². The van der Waals surface area contributed by atoms with E-state index in [4.69, 9.17) is 9.05 Å². The van der Waals surface area contributed by atoms with E-state index in [9.17, 15) is 27.3 Å². The van der Waals surface area contributed by atoms with Crippen molar-refractivity contribution in [2.24, 2.45) is 0 Å². The number of rotatable bonds is 9. The van der Waals surface area contributed by atoms with Gasteiger partial charge in [-0.2, -0.15) is 13.2 Å². The molecule has 2 N–H and O–H groups in total. The van der Waals surface area contributed by atoms with Gasteiger partial charge in [0.15, 0.2) is 5.66 Å². The molecule has 4 aromatic rings. The summed E-state index contributed by atoms with van der Waals surface area (Å²) in [6.45, 7) is 3.18. The molecule has 7 nitrogen and oxygen atoms in total. The Hall–Kier alpha value is -3.72. The summed E-state index contributed by atoms with van der Waals surface area (Å²) in [5, 5.41) is 6.96. The van der Waals surface area contributed by atoms with Crippen molar-refractivity contribution in [1.82, 2.24) is 0 Å². The zero-order valence-electron chi connectivity index (χ0n) is 21.1. The summed E-state index contributed by atoms with van der Waals surface area (Å²) in [5.74, 6) is -3.04. The van der Waals surface area contributed by atoms with Gasteiger partial charge in [0.2, 0.25) is 5.91 Å². The van der Waals surface area contributed by atoms with Crippen LogP contribution in [0.1, 0.15) is 25.1 Å². The number of carbonyl (C=O) groups is 2. The molecule has 0 aliphatic heterocycles. The van der Waals surface area contributed by atoms with Crippen LogP contribution in [0.15, 0.2) is 78.9 Å². The smallest absolute Gasteiger partial charge is 0.323 e. The highest BCUT2D eigenvalue weighted by Crippen LogP contribution is 2.62. The summed E-state index contributed by atoms with van der Waals surface area (Å²) in [7, 11) is -4.15. The molecule has 0 bridgehead atoms. The van der Waals surface area contributed by atoms with Crippen LogP contribution in [0.25, 0.3) is 21.5 Å². The number of amides is 2. The van der Waals surface area contributed by atoms with Gasteiger partial charge in [0.1, 0.15) is 0 Å². The average Bonchev–Trinajstić information content (AvgIpc) is 2.89. The third kappa shape index (κ3) is 6.14. The van der Waals surface area contributed by atoms with E-state index < -0.39 is 31.2 Å². The van der Waals surface area contributed by atoms with Gasteiger partial charge >= 0.3 is 19.7 Å². The molecular formula is C28H26F3N2O5P. The number of nitrogens with one attached hydrogen (secondary N) is 2. The lowest BCUT2D eigenvalue weighted by Gasteiger charge is -2.27. The predicted molar refractivity (Wildman–Crippen MR) is 145 cm³/mol. The fourth-order valence-electron chi connectivity index (χ4n) is 4.33. The average molecular weight is 558 g/mol. The maximum Gasteiger partial charge on any atom is 0.471 e. The third-order valence-electron chi connectivity index (χ3n) is 5.95. The van der Waals surface area contributed by atoms with Gasteiger partial charge in [-0.1, -0.05) is 66.7 Å². The highest BCUT2D eigenvalue weighted by Gasteiger charge is 2.44. The third-order valence-corrected chi connectivity index (χ3v) is 8.33. The van der Waals surface area contributed by atoms with E-state index in [1.807, 2.05) is 23.5 Å². The largest absolute Gasteiger partial charge is 0.471 e. The molecule has 39 heavy (non-hydrogen) atoms. The normalized spacial score (nSPS) is 12.8. The number of hydrogen-bond donors (Lipinski definition) is 2. The molecule has 0 saturated heterocycles. The summed E-state index contributed by atoms with van der Waals surface area (Å²) >= 11 is 0. The van der Waals surface area contributed by atoms with Gasteiger partial charge in [-0.3, -0.25) is 14.2 Å². The van der Waals surface area contributed by atoms with E-state index in [0.717, 1.165) is 5.39 Å². The van der Waals surface area contributed by atoms with Crippen LogP contribution in [0.3, 0.4) is 0 Å². The highest BCUT2D eigenvalue weighted by atomic mass is 31.2. The minimum Gasteiger partial charge on any atom is -0.323 e. The van der Waals surface area contributed by atoms with Gasteiger partial charge in [-0.05, 0) is 53.1 Å². The fourth-order valence-corrected chi connectivity index (χ4v) is 6.34. The molecule has 0 aromatic heterocycles. The summed E-state index contributed by atoms with van der Waals surface area (Å²) < 4.78 is 64.5. The van der Waals surface area contributed by atoms with Crippen LogP contribution < -0.4 is 10.6 Å². The number of hydrogen-bond acceptors (Lipinski definition) is 5. The minimum atomic E-state index is -5.15. The van der Waals surface area contributed by atoms with Crippen LogP contribution in [0.5, 0.6) is 0 Å². The van der Waals surface area contributed by atoms with E-state index in [2.05, 4.69) is 5.32 Å². The molecule has 11 heteroatoms. The molecule has 0 aliphatic carbocycles. The van der Waals surface area contributed by atoms with Crippen molar-refractivity contribution < 1.29 is 36.4 Å². The minimum absolute atomic E-state index is 0.0192. The molecule has 4 aromatic carbocycles. The second kappa shape index (κ2) is 11.6. The molecule has 1 atom stereocenters. The van der Waals surface area contributed by atoms with Gasteiger partial charge in [0, 0.05) is 0 Å². The lowest BCUT2D eigenvalue weighted by Crippen LogP contribution is -2.31. The Balaban J connectivity index is 1.85. The van der Waals surface area contributed by atoms with Gasteiger partial charge in [-0.25, -0.2) is 0 Å². The first-order chi connectivity index (χ1) is 18.6. The number of halogens is 3. The van der Waals surface area contributed by atoms with Crippen molar-refractivity contribution in [3.05, 3.63) is 84.4 Å². The predicted octanol–water partition coefficient (Wildman–Crippen LogP) is 7.44. The van der Waals surface area contributed by atoms with Crippen LogP contribution in [0.2, 0.25) is 0 Å². The van der Waals surface area contributed by atoms with E-state index in [1.54, 1.807) is 62.4 Å². The maximum atomic E-state index is 14.1. The van der Waals surface area contributed by atoms with Crippen molar-refractivity contribution in [3.8, 4) is 0 Å². The number of fused-ring (bicyclic) bond motifs is 2. The van der Waals surface area contributed by atoms with E-state index in [1.165, 1.54) is 12.1 Å². The van der Waals surface area contributed by atoms with Crippen molar-refractivity contribution in [3.63, 3.8) is 0 Å². The van der Waals surface area contributed by atoms with Gasteiger partial charge in [0.25, 0.3) is 0 Å². The zero-order valence-corrected chi connectivity index (χ0v) is 22.0. The Kier molecular flexibility index (Phi) is 8.39. The molecule has 0 spiro atoms. The second-order valence-corrected chi connectivity index (χ2v) is 10.6. The Morgan fingerprint density at radius 3 is 1.87 bits per heavy atom. The molecule has 1 unspecified atom stereocenters. The first-order valence-corrected chi connectivity index (χ1v) is 13.8. The number of alkyl halides is 3. The molecule has 0 fully saturated rings. The molecule has 0 heterocycles. The Bertz CT molecular complexity index is 1560. The molecular weight excluding hydrogens is 532 g/mol. The number of carbonyl (C=O) groups excluding carboxylic acids is 2. The van der Waals surface area contributed by atoms with Crippen LogP contribution >= 0.6 is 7.60 Å². The quantitative estimate of drug-likeness (QED) is 0.208. The molecule has 4 rings (SSSR count). The summed E-state index contributed by atoms with van der Waals surface area (Å²) in [4.78, 5) is 25.8. The Morgan fingerprint density at radius 2 is 1.31 bits per heavy atom. The fraction of sp³-hybridized carbons (Fsp3) is 0.214. The first-order valence-electron chi connectivity index (χ1n) is 12.2. The van der Waals surface area contributed by atoms with Gasteiger partial charge in [0.05, 0.1) is 24.6 Å². The maximum absolute atomic E-state index is 14.1. The van der Waals surface area contributed by atoms with Crippen LogP contribution in [-0.4, -0.2) is 31.2 Å². The Morgan fingerprint density at radius 1 is 0.795 bits per heavy atom. The van der Waals surface area contributed by atoms with Crippen LogP contribution in [0, 0.1) is 0 Å². The van der Waals surface area contributed by atoms with Crippen molar-refractivity contribution in [2.75, 3.05) is 23.8 Å². The zero-order chi connectivity index (χ0) is 28.2. The lowest BCUT2D eigenvalue weighted by molar-refractivity contribution is -0.167. The summed E-state index contributed by atoms with van der Waals surface area (Å²) in [5.41, 5.74) is -1.50. The van der Waals surface area contributed by atoms with Crippen LogP contribution in [-0.2, 0) is 23.2 Å². The van der Waals surface area contributed by atoms with Gasteiger partial charge in [-0.15, -0.1) is 0 Å².